The highest BCUT2D eigenvalue weighted by molar-refractivity contribution is 6.00. The largest absolute Gasteiger partial charge is 0.497 e. The number of nitrogens with one attached hydrogen (secondary N) is 1. The Bertz CT molecular complexity index is 517. The number of aromatic carboxylic acids is 1. The first-order chi connectivity index (χ1) is 9.85. The van der Waals surface area contributed by atoms with Crippen LogP contribution >= 0.6 is 0 Å². The average Bonchev–Trinajstić information content (AvgIpc) is 2.44. The maximum atomic E-state index is 12.0. The van der Waals surface area contributed by atoms with Crippen LogP contribution in [0.15, 0.2) is 18.2 Å². The zero-order valence-corrected chi connectivity index (χ0v) is 12.7. The van der Waals surface area contributed by atoms with Crippen molar-refractivity contribution in [3.8, 4) is 5.75 Å². The van der Waals surface area contributed by atoms with Crippen LogP contribution in [-0.4, -0.2) is 68.2 Å². The molecule has 21 heavy (non-hydrogen) atoms. The van der Waals surface area contributed by atoms with Gasteiger partial charge in [-0.3, -0.25) is 0 Å². The fraction of sp³-hybridized carbons (Fsp3) is 0.429. The monoisotopic (exact) mass is 295 g/mol. The fourth-order valence-corrected chi connectivity index (χ4v) is 1.60. The molecule has 0 radical (unpaired) electrons. The lowest BCUT2D eigenvalue weighted by Gasteiger charge is -2.20. The Balaban J connectivity index is 2.82. The number of ether oxygens (including phenoxy) is 1. The van der Waals surface area contributed by atoms with Crippen molar-refractivity contribution < 1.29 is 19.4 Å². The minimum atomic E-state index is -1.12. The lowest BCUT2D eigenvalue weighted by Crippen LogP contribution is -2.36. The molecule has 0 bridgehead atoms. The van der Waals surface area contributed by atoms with Crippen LogP contribution in [0, 0.1) is 0 Å². The van der Waals surface area contributed by atoms with Gasteiger partial charge in [0.05, 0.1) is 18.4 Å². The summed E-state index contributed by atoms with van der Waals surface area (Å²) in [7, 11) is 6.94. The summed E-state index contributed by atoms with van der Waals surface area (Å²) >= 11 is 0. The van der Waals surface area contributed by atoms with Crippen molar-refractivity contribution in [3.05, 3.63) is 23.8 Å². The molecule has 2 amide bonds. The van der Waals surface area contributed by atoms with E-state index in [0.717, 1.165) is 6.54 Å². The van der Waals surface area contributed by atoms with Crippen molar-refractivity contribution >= 4 is 17.7 Å². The second kappa shape index (κ2) is 7.49. The summed E-state index contributed by atoms with van der Waals surface area (Å²) in [6.07, 6.45) is 0. The summed E-state index contributed by atoms with van der Waals surface area (Å²) < 4.78 is 4.99. The molecule has 7 nitrogen and oxygen atoms in total. The number of hydrogen-bond acceptors (Lipinski definition) is 4. The van der Waals surface area contributed by atoms with Crippen LogP contribution in [0.4, 0.5) is 10.5 Å². The Morgan fingerprint density at radius 2 is 1.90 bits per heavy atom. The van der Waals surface area contributed by atoms with Crippen LogP contribution in [0.2, 0.25) is 0 Å². The van der Waals surface area contributed by atoms with Gasteiger partial charge in [-0.05, 0) is 32.3 Å². The standard InChI is InChI=1S/C14H21N3O4/c1-16(2)7-8-17(3)14(20)15-12-6-5-10(21-4)9-11(12)13(18)19/h5-6,9H,7-8H2,1-4H3,(H,15,20)(H,18,19). The molecule has 0 heterocycles. The Hall–Kier alpha value is -2.28. The van der Waals surface area contributed by atoms with E-state index in [0.29, 0.717) is 12.3 Å². The van der Waals surface area contributed by atoms with E-state index < -0.39 is 5.97 Å². The number of likely N-dealkylation sites (N-methyl/N-ethyl adjacent to an activating group) is 2. The topological polar surface area (TPSA) is 82.1 Å². The molecule has 0 spiro atoms. The Kier molecular flexibility index (Phi) is 5.98. The number of amides is 2. The summed E-state index contributed by atoms with van der Waals surface area (Å²) in [5.74, 6) is -0.702. The summed E-state index contributed by atoms with van der Waals surface area (Å²) in [6, 6.07) is 4.13. The molecular formula is C14H21N3O4. The van der Waals surface area contributed by atoms with Crippen molar-refractivity contribution in [1.82, 2.24) is 9.80 Å². The summed E-state index contributed by atoms with van der Waals surface area (Å²) in [5.41, 5.74) is 0.230. The number of benzene rings is 1. The molecule has 116 valence electrons. The van der Waals surface area contributed by atoms with Gasteiger partial charge in [0.2, 0.25) is 0 Å². The predicted octanol–water partition coefficient (Wildman–Crippen LogP) is 1.42. The normalized spacial score (nSPS) is 10.3. The van der Waals surface area contributed by atoms with Gasteiger partial charge in [0.1, 0.15) is 5.75 Å². The number of rotatable bonds is 6. The number of carbonyl (C=O) groups excluding carboxylic acids is 1. The molecule has 0 aliphatic heterocycles. The van der Waals surface area contributed by atoms with Gasteiger partial charge in [0.15, 0.2) is 0 Å². The maximum Gasteiger partial charge on any atom is 0.337 e. The lowest BCUT2D eigenvalue weighted by atomic mass is 10.1. The maximum absolute atomic E-state index is 12.0. The number of urea groups is 1. The molecule has 7 heteroatoms. The van der Waals surface area contributed by atoms with E-state index in [1.807, 2.05) is 19.0 Å². The fourth-order valence-electron chi connectivity index (χ4n) is 1.60. The van der Waals surface area contributed by atoms with Gasteiger partial charge < -0.3 is 25.0 Å². The average molecular weight is 295 g/mol. The molecule has 0 fully saturated rings. The molecule has 1 aromatic carbocycles. The minimum absolute atomic E-state index is 0.0105. The van der Waals surface area contributed by atoms with Crippen LogP contribution in [0.5, 0.6) is 5.75 Å². The molecular weight excluding hydrogens is 274 g/mol. The third-order valence-electron chi connectivity index (χ3n) is 2.93. The number of carbonyl (C=O) groups is 2. The van der Waals surface area contributed by atoms with Gasteiger partial charge in [-0.15, -0.1) is 0 Å². The van der Waals surface area contributed by atoms with E-state index in [2.05, 4.69) is 5.32 Å². The third-order valence-corrected chi connectivity index (χ3v) is 2.93. The number of anilines is 1. The predicted molar refractivity (Wildman–Crippen MR) is 80.2 cm³/mol. The third kappa shape index (κ3) is 4.96. The first-order valence-electron chi connectivity index (χ1n) is 6.43. The Morgan fingerprint density at radius 1 is 1.24 bits per heavy atom. The smallest absolute Gasteiger partial charge is 0.337 e. The van der Waals surface area contributed by atoms with Crippen molar-refractivity contribution in [1.29, 1.82) is 0 Å². The quantitative estimate of drug-likeness (QED) is 0.829. The van der Waals surface area contributed by atoms with E-state index >= 15 is 0 Å². The highest BCUT2D eigenvalue weighted by atomic mass is 16.5. The van der Waals surface area contributed by atoms with Crippen molar-refractivity contribution in [2.75, 3.05) is 46.7 Å². The zero-order chi connectivity index (χ0) is 16.0. The Morgan fingerprint density at radius 3 is 2.43 bits per heavy atom. The SMILES string of the molecule is COc1ccc(NC(=O)N(C)CCN(C)C)c(C(=O)O)c1. The van der Waals surface area contributed by atoms with Crippen LogP contribution in [-0.2, 0) is 0 Å². The number of nitrogens with zero attached hydrogens (tertiary/aromatic N) is 2. The minimum Gasteiger partial charge on any atom is -0.497 e. The molecule has 1 aromatic rings. The molecule has 0 aliphatic carbocycles. The number of methoxy groups -OCH3 is 1. The van der Waals surface area contributed by atoms with Crippen LogP contribution in [0.3, 0.4) is 0 Å². The molecule has 0 atom stereocenters. The summed E-state index contributed by atoms with van der Waals surface area (Å²) in [4.78, 5) is 26.7. The van der Waals surface area contributed by atoms with Gasteiger partial charge in [-0.2, -0.15) is 0 Å². The first-order valence-corrected chi connectivity index (χ1v) is 6.43. The number of carboxylic acids is 1. The van der Waals surface area contributed by atoms with Crippen LogP contribution in [0.25, 0.3) is 0 Å². The summed E-state index contributed by atoms with van der Waals surface area (Å²) in [6.45, 7) is 1.26. The number of carboxylic acid groups (broad SMARTS) is 1. The van der Waals surface area contributed by atoms with Gasteiger partial charge in [-0.25, -0.2) is 9.59 Å². The lowest BCUT2D eigenvalue weighted by molar-refractivity contribution is 0.0697. The molecule has 0 aromatic heterocycles. The van der Waals surface area contributed by atoms with E-state index in [4.69, 9.17) is 4.74 Å². The Labute approximate surface area is 124 Å². The van der Waals surface area contributed by atoms with E-state index in [-0.39, 0.29) is 17.3 Å². The van der Waals surface area contributed by atoms with E-state index in [1.54, 1.807) is 13.1 Å². The molecule has 1 rings (SSSR count). The highest BCUT2D eigenvalue weighted by Crippen LogP contribution is 2.22. The number of hydrogen-bond donors (Lipinski definition) is 2. The molecule has 0 aliphatic rings. The summed E-state index contributed by atoms with van der Waals surface area (Å²) in [5, 5.41) is 11.8. The highest BCUT2D eigenvalue weighted by Gasteiger charge is 2.15. The van der Waals surface area contributed by atoms with Crippen molar-refractivity contribution in [2.24, 2.45) is 0 Å². The van der Waals surface area contributed by atoms with Gasteiger partial charge in [0, 0.05) is 20.1 Å². The van der Waals surface area contributed by atoms with Gasteiger partial charge in [0.25, 0.3) is 0 Å². The molecule has 0 unspecified atom stereocenters. The second-order valence-electron chi connectivity index (χ2n) is 4.87. The van der Waals surface area contributed by atoms with E-state index in [1.165, 1.54) is 24.1 Å². The van der Waals surface area contributed by atoms with Crippen molar-refractivity contribution in [2.45, 2.75) is 0 Å². The second-order valence-corrected chi connectivity index (χ2v) is 4.87. The van der Waals surface area contributed by atoms with Gasteiger partial charge >= 0.3 is 12.0 Å². The molecule has 2 N–H and O–H groups in total. The van der Waals surface area contributed by atoms with Crippen LogP contribution in [0.1, 0.15) is 10.4 Å². The van der Waals surface area contributed by atoms with Gasteiger partial charge in [-0.1, -0.05) is 0 Å². The first kappa shape index (κ1) is 16.8. The van der Waals surface area contributed by atoms with E-state index in [9.17, 15) is 14.7 Å². The molecule has 0 saturated heterocycles. The zero-order valence-electron chi connectivity index (χ0n) is 12.7. The van der Waals surface area contributed by atoms with Crippen molar-refractivity contribution in [3.63, 3.8) is 0 Å². The van der Waals surface area contributed by atoms with Crippen LogP contribution < -0.4 is 10.1 Å². The molecule has 0 saturated carbocycles.